The van der Waals surface area contributed by atoms with Crippen molar-refractivity contribution in [3.8, 4) is 0 Å². The van der Waals surface area contributed by atoms with Crippen LogP contribution >= 0.6 is 24.0 Å². The van der Waals surface area contributed by atoms with E-state index in [-0.39, 0.29) is 24.0 Å². The van der Waals surface area contributed by atoms with Crippen molar-refractivity contribution in [1.82, 2.24) is 19.8 Å². The molecule has 32 heavy (non-hydrogen) atoms. The molecular formula is C24H36IN5O2. The van der Waals surface area contributed by atoms with Gasteiger partial charge in [0.2, 0.25) is 0 Å². The number of likely N-dealkylation sites (tertiary alicyclic amines) is 1. The number of imidazole rings is 1. The number of nitrogens with zero attached hydrogens (tertiary/aromatic N) is 4. The molecule has 2 fully saturated rings. The molecule has 1 aromatic heterocycles. The van der Waals surface area contributed by atoms with Gasteiger partial charge in [-0.15, -0.1) is 24.0 Å². The molecule has 0 saturated carbocycles. The van der Waals surface area contributed by atoms with Crippen molar-refractivity contribution >= 4 is 29.9 Å². The molecule has 1 N–H and O–H groups in total. The minimum atomic E-state index is 0. The van der Waals surface area contributed by atoms with E-state index in [1.54, 1.807) is 0 Å². The number of piperidine rings is 1. The number of benzene rings is 1. The molecule has 2 aromatic rings. The van der Waals surface area contributed by atoms with Gasteiger partial charge < -0.3 is 24.3 Å². The molecule has 1 atom stereocenters. The fourth-order valence-electron chi connectivity index (χ4n) is 4.36. The molecule has 0 spiro atoms. The van der Waals surface area contributed by atoms with E-state index in [9.17, 15) is 0 Å². The van der Waals surface area contributed by atoms with Crippen LogP contribution in [0.1, 0.15) is 43.2 Å². The highest BCUT2D eigenvalue weighted by Crippen LogP contribution is 2.18. The second-order valence-electron chi connectivity index (χ2n) is 8.46. The number of halogens is 1. The Labute approximate surface area is 208 Å². The molecule has 7 nitrogen and oxygen atoms in total. The Balaban J connectivity index is 0.00000289. The van der Waals surface area contributed by atoms with Crippen molar-refractivity contribution in [1.29, 1.82) is 0 Å². The first-order chi connectivity index (χ1) is 15.3. The molecule has 2 aliphatic rings. The van der Waals surface area contributed by atoms with Gasteiger partial charge in [-0.3, -0.25) is 4.99 Å². The maximum atomic E-state index is 6.15. The van der Waals surface area contributed by atoms with Crippen LogP contribution in [-0.2, 0) is 22.6 Å². The molecule has 0 radical (unpaired) electrons. The highest BCUT2D eigenvalue weighted by molar-refractivity contribution is 14.0. The molecule has 4 rings (SSSR count). The summed E-state index contributed by atoms with van der Waals surface area (Å²) < 4.78 is 14.0. The van der Waals surface area contributed by atoms with Crippen molar-refractivity contribution in [2.75, 3.05) is 33.4 Å². The number of aliphatic imine (C=N–C) groups is 1. The number of ether oxygens (including phenoxy) is 2. The third-order valence-electron chi connectivity index (χ3n) is 6.11. The topological polar surface area (TPSA) is 63.9 Å². The minimum absolute atomic E-state index is 0. The van der Waals surface area contributed by atoms with E-state index >= 15 is 0 Å². The monoisotopic (exact) mass is 553 g/mol. The molecule has 1 aromatic carbocycles. The Kier molecular flexibility index (Phi) is 10.3. The van der Waals surface area contributed by atoms with E-state index in [4.69, 9.17) is 9.47 Å². The summed E-state index contributed by atoms with van der Waals surface area (Å²) >= 11 is 0. The van der Waals surface area contributed by atoms with Crippen LogP contribution < -0.4 is 5.32 Å². The summed E-state index contributed by atoms with van der Waals surface area (Å²) in [7, 11) is 1.86. The van der Waals surface area contributed by atoms with Gasteiger partial charge in [0.25, 0.3) is 0 Å². The standard InChI is InChI=1S/C24H35N5O2.HI/c1-25-24(27-16-20-5-4-6-21(15-20)17-28-13-10-26-19-28)29-11-8-22(9-12-29)31-18-23-7-2-3-14-30-23;/h4-6,10,13,15,19,22-23H,2-3,7-9,11-12,14,16-18H2,1H3,(H,25,27);1H. The van der Waals surface area contributed by atoms with Crippen molar-refractivity contribution in [3.05, 3.63) is 54.1 Å². The lowest BCUT2D eigenvalue weighted by atomic mass is 10.1. The van der Waals surface area contributed by atoms with Crippen molar-refractivity contribution in [2.45, 2.75) is 57.4 Å². The molecule has 0 amide bonds. The number of aromatic nitrogens is 2. The lowest BCUT2D eigenvalue weighted by Crippen LogP contribution is -2.47. The average Bonchev–Trinajstić information content (AvgIpc) is 3.33. The van der Waals surface area contributed by atoms with E-state index in [0.29, 0.717) is 12.2 Å². The first kappa shape index (κ1) is 25.0. The summed E-state index contributed by atoms with van der Waals surface area (Å²) in [4.78, 5) is 11.0. The van der Waals surface area contributed by atoms with Gasteiger partial charge in [-0.1, -0.05) is 24.3 Å². The summed E-state index contributed by atoms with van der Waals surface area (Å²) in [5.74, 6) is 0.967. The van der Waals surface area contributed by atoms with E-state index in [1.165, 1.54) is 24.0 Å². The summed E-state index contributed by atoms with van der Waals surface area (Å²) in [5, 5.41) is 3.54. The van der Waals surface area contributed by atoms with E-state index in [1.807, 2.05) is 25.8 Å². The number of guanidine groups is 1. The van der Waals surface area contributed by atoms with Gasteiger partial charge in [0.15, 0.2) is 5.96 Å². The molecule has 2 aliphatic heterocycles. The van der Waals surface area contributed by atoms with Crippen LogP contribution in [0.25, 0.3) is 0 Å². The Bertz CT molecular complexity index is 816. The van der Waals surface area contributed by atoms with Crippen LogP contribution in [0.3, 0.4) is 0 Å². The highest BCUT2D eigenvalue weighted by atomic mass is 127. The zero-order valence-corrected chi connectivity index (χ0v) is 21.3. The maximum Gasteiger partial charge on any atom is 0.193 e. The van der Waals surface area contributed by atoms with Crippen molar-refractivity contribution in [2.24, 2.45) is 4.99 Å². The third-order valence-corrected chi connectivity index (χ3v) is 6.11. The number of hydrogen-bond donors (Lipinski definition) is 1. The lowest BCUT2D eigenvalue weighted by molar-refractivity contribution is -0.0721. The number of hydrogen-bond acceptors (Lipinski definition) is 4. The van der Waals surface area contributed by atoms with Gasteiger partial charge in [0.05, 0.1) is 25.1 Å². The van der Waals surface area contributed by atoms with Gasteiger partial charge in [-0.2, -0.15) is 0 Å². The quantitative estimate of drug-likeness (QED) is 0.322. The van der Waals surface area contributed by atoms with Crippen molar-refractivity contribution < 1.29 is 9.47 Å². The van der Waals surface area contributed by atoms with Gasteiger partial charge >= 0.3 is 0 Å². The first-order valence-corrected chi connectivity index (χ1v) is 11.5. The van der Waals surface area contributed by atoms with Crippen molar-refractivity contribution in [3.63, 3.8) is 0 Å². The zero-order chi connectivity index (χ0) is 21.3. The van der Waals surface area contributed by atoms with Crippen LogP contribution in [0, 0.1) is 0 Å². The fraction of sp³-hybridized carbons (Fsp3) is 0.583. The van der Waals surface area contributed by atoms with Crippen LogP contribution in [0.5, 0.6) is 0 Å². The van der Waals surface area contributed by atoms with Gasteiger partial charge in [-0.05, 0) is 43.2 Å². The summed E-state index contributed by atoms with van der Waals surface area (Å²) in [6.45, 7) is 5.17. The third kappa shape index (κ3) is 7.45. The molecule has 2 saturated heterocycles. The SMILES string of the molecule is CN=C(NCc1cccc(Cn2ccnc2)c1)N1CCC(OCC2CCCCO2)CC1.I. The normalized spacial score (nSPS) is 20.1. The summed E-state index contributed by atoms with van der Waals surface area (Å²) in [6.07, 6.45) is 11.9. The van der Waals surface area contributed by atoms with Crippen LogP contribution in [-0.4, -0.2) is 66.0 Å². The predicted molar refractivity (Wildman–Crippen MR) is 138 cm³/mol. The zero-order valence-electron chi connectivity index (χ0n) is 19.0. The largest absolute Gasteiger partial charge is 0.376 e. The Hall–Kier alpha value is -1.65. The smallest absolute Gasteiger partial charge is 0.193 e. The minimum Gasteiger partial charge on any atom is -0.376 e. The van der Waals surface area contributed by atoms with E-state index in [2.05, 4.69) is 49.0 Å². The first-order valence-electron chi connectivity index (χ1n) is 11.5. The Morgan fingerprint density at radius 2 is 2.06 bits per heavy atom. The maximum absolute atomic E-state index is 6.15. The van der Waals surface area contributed by atoms with E-state index in [0.717, 1.165) is 64.6 Å². The molecule has 3 heterocycles. The van der Waals surface area contributed by atoms with Crippen LogP contribution in [0.2, 0.25) is 0 Å². The lowest BCUT2D eigenvalue weighted by Gasteiger charge is -2.35. The fourth-order valence-corrected chi connectivity index (χ4v) is 4.36. The van der Waals surface area contributed by atoms with E-state index < -0.39 is 0 Å². The predicted octanol–water partition coefficient (Wildman–Crippen LogP) is 3.67. The summed E-state index contributed by atoms with van der Waals surface area (Å²) in [6, 6.07) is 8.67. The number of nitrogens with one attached hydrogen (secondary N) is 1. The molecule has 8 heteroatoms. The second-order valence-corrected chi connectivity index (χ2v) is 8.46. The van der Waals surface area contributed by atoms with Crippen LogP contribution in [0.4, 0.5) is 0 Å². The van der Waals surface area contributed by atoms with Crippen LogP contribution in [0.15, 0.2) is 48.0 Å². The molecular weight excluding hydrogens is 517 g/mol. The Morgan fingerprint density at radius 3 is 2.78 bits per heavy atom. The molecule has 0 bridgehead atoms. The highest BCUT2D eigenvalue weighted by Gasteiger charge is 2.23. The summed E-state index contributed by atoms with van der Waals surface area (Å²) in [5.41, 5.74) is 2.52. The number of rotatable bonds is 7. The molecule has 176 valence electrons. The van der Waals surface area contributed by atoms with Gasteiger partial charge in [0, 0.05) is 52.2 Å². The Morgan fingerprint density at radius 1 is 1.22 bits per heavy atom. The molecule has 1 unspecified atom stereocenters. The average molecular weight is 553 g/mol. The second kappa shape index (κ2) is 13.2. The van der Waals surface area contributed by atoms with Gasteiger partial charge in [0.1, 0.15) is 0 Å². The van der Waals surface area contributed by atoms with Gasteiger partial charge in [-0.25, -0.2) is 4.98 Å². The molecule has 0 aliphatic carbocycles.